The Labute approximate surface area is 223 Å². The minimum Gasteiger partial charge on any atom is -0.481 e. The van der Waals surface area contributed by atoms with Gasteiger partial charge in [0.1, 0.15) is 0 Å². The number of carbonyl (C=O) groups excluding carboxylic acids is 2. The maximum Gasteiger partial charge on any atom is 0.336 e. The molecule has 0 aliphatic rings. The Morgan fingerprint density at radius 3 is 1.62 bits per heavy atom. The van der Waals surface area contributed by atoms with E-state index in [1.54, 1.807) is 0 Å². The Kier molecular flexibility index (Phi) is 19.9. The van der Waals surface area contributed by atoms with Crippen molar-refractivity contribution in [1.29, 1.82) is 0 Å². The quantitative estimate of drug-likeness (QED) is 0.0907. The van der Waals surface area contributed by atoms with E-state index < -0.39 is 42.5 Å². The molecule has 0 aromatic rings. The molecule has 216 valence electrons. The number of carboxylic acid groups (broad SMARTS) is 2. The number of ether oxygens (including phenoxy) is 1. The predicted molar refractivity (Wildman–Crippen MR) is 143 cm³/mol. The molecular weight excluding hydrogens is 476 g/mol. The van der Waals surface area contributed by atoms with Gasteiger partial charge in [0.05, 0.1) is 12.8 Å². The van der Waals surface area contributed by atoms with E-state index in [0.29, 0.717) is 19.3 Å². The van der Waals surface area contributed by atoms with Gasteiger partial charge in [-0.25, -0.2) is 4.79 Å². The van der Waals surface area contributed by atoms with Gasteiger partial charge in [-0.3, -0.25) is 14.4 Å². The van der Waals surface area contributed by atoms with Crippen LogP contribution in [0.4, 0.5) is 0 Å². The highest BCUT2D eigenvalue weighted by molar-refractivity contribution is 5.90. The van der Waals surface area contributed by atoms with E-state index in [-0.39, 0.29) is 12.2 Å². The van der Waals surface area contributed by atoms with Gasteiger partial charge in [-0.05, 0) is 25.2 Å². The summed E-state index contributed by atoms with van der Waals surface area (Å²) >= 11 is 0. The number of carbonyl (C=O) groups is 4. The highest BCUT2D eigenvalue weighted by Gasteiger charge is 2.42. The second kappa shape index (κ2) is 21.0. The number of hydrogen-bond donors (Lipinski definition) is 3. The Balaban J connectivity index is 4.42. The molecule has 0 spiro atoms. The van der Waals surface area contributed by atoms with Crippen LogP contribution in [0.3, 0.4) is 0 Å². The second-order valence-corrected chi connectivity index (χ2v) is 10.8. The van der Waals surface area contributed by atoms with Crippen molar-refractivity contribution >= 4 is 23.7 Å². The lowest BCUT2D eigenvalue weighted by Gasteiger charge is -2.22. The lowest BCUT2D eigenvalue weighted by Crippen LogP contribution is -2.44. The summed E-state index contributed by atoms with van der Waals surface area (Å²) in [6.45, 7) is 6.56. The average molecular weight is 529 g/mol. The zero-order chi connectivity index (χ0) is 28.1. The third-order valence-corrected chi connectivity index (χ3v) is 6.69. The molecule has 2 atom stereocenters. The van der Waals surface area contributed by atoms with Crippen molar-refractivity contribution in [3.63, 3.8) is 0 Å². The van der Waals surface area contributed by atoms with Gasteiger partial charge < -0.3 is 20.1 Å². The molecule has 0 aliphatic carbocycles. The maximum atomic E-state index is 12.6. The number of ketones is 1. The molecule has 0 aliphatic heterocycles. The predicted octanol–water partition coefficient (Wildman–Crippen LogP) is 6.46. The minimum absolute atomic E-state index is 0.215. The molecule has 0 radical (unpaired) electrons. The van der Waals surface area contributed by atoms with Crippen LogP contribution in [0.5, 0.6) is 0 Å². The van der Waals surface area contributed by atoms with Gasteiger partial charge in [-0.2, -0.15) is 0 Å². The van der Waals surface area contributed by atoms with Crippen LogP contribution in [0.2, 0.25) is 0 Å². The summed E-state index contributed by atoms with van der Waals surface area (Å²) in [5.41, 5.74) is -2.77. The van der Waals surface area contributed by atoms with Crippen LogP contribution < -0.4 is 0 Å². The zero-order valence-electron chi connectivity index (χ0n) is 23.5. The molecule has 0 aromatic carbocycles. The maximum absolute atomic E-state index is 12.6. The second-order valence-electron chi connectivity index (χ2n) is 10.8. The average Bonchev–Trinajstić information content (AvgIpc) is 2.80. The van der Waals surface area contributed by atoms with E-state index in [2.05, 4.69) is 13.8 Å². The molecule has 0 rings (SSSR count). The summed E-state index contributed by atoms with van der Waals surface area (Å²) in [7, 11) is 0. The van der Waals surface area contributed by atoms with Crippen LogP contribution >= 0.6 is 0 Å². The Bertz CT molecular complexity index is 660. The molecule has 0 amide bonds. The summed E-state index contributed by atoms with van der Waals surface area (Å²) in [6, 6.07) is 0. The fourth-order valence-corrected chi connectivity index (χ4v) is 4.37. The van der Waals surface area contributed by atoms with Crippen LogP contribution in [0.15, 0.2) is 0 Å². The van der Waals surface area contributed by atoms with Gasteiger partial charge in [0.25, 0.3) is 0 Å². The number of rotatable bonds is 25. The smallest absolute Gasteiger partial charge is 0.336 e. The fourth-order valence-electron chi connectivity index (χ4n) is 4.37. The summed E-state index contributed by atoms with van der Waals surface area (Å²) in [5, 5.41) is 28.1. The molecule has 0 bridgehead atoms. The van der Waals surface area contributed by atoms with Crippen LogP contribution in [0.25, 0.3) is 0 Å². The van der Waals surface area contributed by atoms with Crippen molar-refractivity contribution in [2.75, 3.05) is 0 Å². The standard InChI is InChI=1S/C29H52O8/c1-4-5-15-19-24(30)25(37-27(33)22-29(36,28(34)35)21-26(31)32)20-17-14-12-10-8-6-7-9-11-13-16-18-23(2)3/h23,25,36H,4-22H2,1-3H3,(H,31,32)(H,34,35). The number of hydrogen-bond acceptors (Lipinski definition) is 6. The lowest BCUT2D eigenvalue weighted by molar-refractivity contribution is -0.174. The number of esters is 1. The topological polar surface area (TPSA) is 138 Å². The largest absolute Gasteiger partial charge is 0.481 e. The summed E-state index contributed by atoms with van der Waals surface area (Å²) in [5.74, 6) is -3.87. The van der Waals surface area contributed by atoms with Crippen molar-refractivity contribution < 1.29 is 39.2 Å². The first-order chi connectivity index (χ1) is 17.5. The minimum atomic E-state index is -2.77. The highest BCUT2D eigenvalue weighted by atomic mass is 16.5. The molecule has 8 heteroatoms. The third-order valence-electron chi connectivity index (χ3n) is 6.69. The van der Waals surface area contributed by atoms with Gasteiger partial charge in [-0.1, -0.05) is 104 Å². The van der Waals surface area contributed by atoms with Crippen molar-refractivity contribution in [1.82, 2.24) is 0 Å². The third kappa shape index (κ3) is 18.9. The lowest BCUT2D eigenvalue weighted by atomic mass is 9.95. The summed E-state index contributed by atoms with van der Waals surface area (Å²) in [4.78, 5) is 47.2. The molecule has 3 N–H and O–H groups in total. The Morgan fingerprint density at radius 1 is 0.703 bits per heavy atom. The van der Waals surface area contributed by atoms with Gasteiger partial charge in [-0.15, -0.1) is 0 Å². The van der Waals surface area contributed by atoms with E-state index in [4.69, 9.17) is 9.84 Å². The van der Waals surface area contributed by atoms with E-state index in [0.717, 1.165) is 38.0 Å². The fraction of sp³-hybridized carbons (Fsp3) is 0.862. The first-order valence-electron chi connectivity index (χ1n) is 14.4. The van der Waals surface area contributed by atoms with Crippen LogP contribution in [-0.2, 0) is 23.9 Å². The summed E-state index contributed by atoms with van der Waals surface area (Å²) < 4.78 is 5.28. The molecule has 8 nitrogen and oxygen atoms in total. The number of aliphatic carboxylic acids is 2. The Morgan fingerprint density at radius 2 is 1.19 bits per heavy atom. The Hall–Kier alpha value is -1.96. The van der Waals surface area contributed by atoms with Crippen LogP contribution in [0, 0.1) is 5.92 Å². The molecule has 0 saturated heterocycles. The van der Waals surface area contributed by atoms with Gasteiger partial charge in [0.2, 0.25) is 0 Å². The number of aliphatic hydroxyl groups is 1. The SMILES string of the molecule is CCCCCC(=O)C(CCCCCCCCCCCCCC(C)C)OC(=O)CC(O)(CC(=O)O)C(=O)O. The zero-order valence-corrected chi connectivity index (χ0v) is 23.5. The van der Waals surface area contributed by atoms with E-state index in [1.165, 1.54) is 51.4 Å². The van der Waals surface area contributed by atoms with Crippen molar-refractivity contribution in [2.45, 2.75) is 154 Å². The van der Waals surface area contributed by atoms with Crippen molar-refractivity contribution in [3.05, 3.63) is 0 Å². The molecule has 0 saturated carbocycles. The van der Waals surface area contributed by atoms with Crippen LogP contribution in [-0.4, -0.2) is 50.7 Å². The van der Waals surface area contributed by atoms with Crippen molar-refractivity contribution in [3.8, 4) is 0 Å². The first-order valence-corrected chi connectivity index (χ1v) is 14.4. The van der Waals surface area contributed by atoms with Gasteiger partial charge in [0, 0.05) is 6.42 Å². The molecule has 0 fully saturated rings. The van der Waals surface area contributed by atoms with E-state index >= 15 is 0 Å². The van der Waals surface area contributed by atoms with Crippen molar-refractivity contribution in [2.24, 2.45) is 5.92 Å². The normalized spacial score (nSPS) is 13.8. The molecule has 37 heavy (non-hydrogen) atoms. The number of Topliss-reactive ketones (excluding diaryl/α,β-unsaturated/α-hetero) is 1. The monoisotopic (exact) mass is 528 g/mol. The molecule has 0 aromatic heterocycles. The van der Waals surface area contributed by atoms with E-state index in [9.17, 15) is 29.4 Å². The molecule has 2 unspecified atom stereocenters. The van der Waals surface area contributed by atoms with Gasteiger partial charge >= 0.3 is 17.9 Å². The first kappa shape index (κ1) is 35.0. The molecule has 0 heterocycles. The van der Waals surface area contributed by atoms with Crippen LogP contribution in [0.1, 0.15) is 143 Å². The van der Waals surface area contributed by atoms with Gasteiger partial charge in [0.15, 0.2) is 17.5 Å². The van der Waals surface area contributed by atoms with E-state index in [1.807, 2.05) is 6.92 Å². The number of unbranched alkanes of at least 4 members (excludes halogenated alkanes) is 12. The summed E-state index contributed by atoms with van der Waals surface area (Å²) in [6.07, 6.45) is 14.0. The molecular formula is C29H52O8. The number of carboxylic acids is 2. The highest BCUT2D eigenvalue weighted by Crippen LogP contribution is 2.20.